The number of furan rings is 1. The fourth-order valence-corrected chi connectivity index (χ4v) is 10.1. The molecule has 0 bridgehead atoms. The second-order valence-corrected chi connectivity index (χ2v) is 16.4. The predicted molar refractivity (Wildman–Crippen MR) is 262 cm³/mol. The van der Waals surface area contributed by atoms with Crippen LogP contribution in [-0.4, -0.2) is 0 Å². The van der Waals surface area contributed by atoms with E-state index in [1.807, 2.05) is 12.1 Å². The van der Waals surface area contributed by atoms with Gasteiger partial charge in [0, 0.05) is 33.4 Å². The Morgan fingerprint density at radius 3 is 1.43 bits per heavy atom. The first-order valence-electron chi connectivity index (χ1n) is 21.7. The third-order valence-corrected chi connectivity index (χ3v) is 13.0. The van der Waals surface area contributed by atoms with E-state index in [9.17, 15) is 0 Å². The number of rotatable bonds is 8. The van der Waals surface area contributed by atoms with Gasteiger partial charge in [0.2, 0.25) is 0 Å². The SMILES string of the molecule is c1ccc(N(c2ccc(-c3ccc(-c4cccc5c4oc4ccccc45)cc3)cc2)c2ccc(-c3ccc4c(c3)C(c3ccccc3)(c3ccccc3)c3ccccc3-4)cc2)cc1. The van der Waals surface area contributed by atoms with Gasteiger partial charge in [-0.1, -0.05) is 200 Å². The number of para-hydroxylation sites is 3. The highest BCUT2D eigenvalue weighted by atomic mass is 16.3. The summed E-state index contributed by atoms with van der Waals surface area (Å²) in [5, 5.41) is 2.29. The molecule has 0 unspecified atom stereocenters. The molecule has 0 spiro atoms. The van der Waals surface area contributed by atoms with Crippen LogP contribution in [0.1, 0.15) is 22.3 Å². The van der Waals surface area contributed by atoms with Crippen LogP contribution in [-0.2, 0) is 5.41 Å². The molecule has 1 aliphatic rings. The molecular formula is C61H41NO. The van der Waals surface area contributed by atoms with E-state index in [0.29, 0.717) is 0 Å². The Kier molecular flexibility index (Phi) is 8.76. The molecule has 1 heterocycles. The Bertz CT molecular complexity index is 3370. The third-order valence-electron chi connectivity index (χ3n) is 13.0. The predicted octanol–water partition coefficient (Wildman–Crippen LogP) is 16.4. The first-order chi connectivity index (χ1) is 31.2. The summed E-state index contributed by atoms with van der Waals surface area (Å²) in [6.45, 7) is 0. The van der Waals surface area contributed by atoms with Crippen LogP contribution in [0.2, 0.25) is 0 Å². The van der Waals surface area contributed by atoms with Crippen LogP contribution in [0.3, 0.4) is 0 Å². The summed E-state index contributed by atoms with van der Waals surface area (Å²) in [5.41, 5.74) is 19.4. The van der Waals surface area contributed by atoms with E-state index in [4.69, 9.17) is 4.42 Å². The Balaban J connectivity index is 0.878. The molecule has 0 saturated carbocycles. The van der Waals surface area contributed by atoms with Crippen molar-refractivity contribution in [2.45, 2.75) is 5.41 Å². The second-order valence-electron chi connectivity index (χ2n) is 16.4. The Hall–Kier alpha value is -8.20. The summed E-state index contributed by atoms with van der Waals surface area (Å²) < 4.78 is 6.35. The molecule has 0 aliphatic heterocycles. The topological polar surface area (TPSA) is 16.4 Å². The minimum atomic E-state index is -0.438. The van der Waals surface area contributed by atoms with Gasteiger partial charge in [-0.3, -0.25) is 0 Å². The first kappa shape index (κ1) is 36.6. The monoisotopic (exact) mass is 803 g/mol. The summed E-state index contributed by atoms with van der Waals surface area (Å²) in [5.74, 6) is 0. The molecule has 0 N–H and O–H groups in total. The van der Waals surface area contributed by atoms with Crippen LogP contribution >= 0.6 is 0 Å². The molecule has 63 heavy (non-hydrogen) atoms. The number of anilines is 3. The maximum absolute atomic E-state index is 6.35. The zero-order chi connectivity index (χ0) is 41.7. The maximum atomic E-state index is 6.35. The Morgan fingerprint density at radius 1 is 0.302 bits per heavy atom. The Labute approximate surface area is 367 Å². The van der Waals surface area contributed by atoms with Crippen LogP contribution in [0.15, 0.2) is 253 Å². The van der Waals surface area contributed by atoms with Crippen molar-refractivity contribution in [1.29, 1.82) is 0 Å². The maximum Gasteiger partial charge on any atom is 0.143 e. The molecule has 0 saturated heterocycles. The molecule has 0 amide bonds. The minimum Gasteiger partial charge on any atom is -0.455 e. The van der Waals surface area contributed by atoms with Gasteiger partial charge >= 0.3 is 0 Å². The van der Waals surface area contributed by atoms with Crippen molar-refractivity contribution in [2.24, 2.45) is 0 Å². The average Bonchev–Trinajstić information content (AvgIpc) is 3.89. The number of fused-ring (bicyclic) bond motifs is 6. The lowest BCUT2D eigenvalue weighted by molar-refractivity contribution is 0.670. The second kappa shape index (κ2) is 15.1. The smallest absolute Gasteiger partial charge is 0.143 e. The van der Waals surface area contributed by atoms with E-state index < -0.39 is 5.41 Å². The van der Waals surface area contributed by atoms with Gasteiger partial charge in [0.15, 0.2) is 0 Å². The first-order valence-corrected chi connectivity index (χ1v) is 21.7. The summed E-state index contributed by atoms with van der Waals surface area (Å²) in [4.78, 5) is 2.33. The molecular weight excluding hydrogens is 763 g/mol. The fraction of sp³-hybridized carbons (Fsp3) is 0.0164. The van der Waals surface area contributed by atoms with Gasteiger partial charge in [0.25, 0.3) is 0 Å². The van der Waals surface area contributed by atoms with Crippen molar-refractivity contribution >= 4 is 39.0 Å². The molecule has 1 aliphatic carbocycles. The van der Waals surface area contributed by atoms with E-state index in [0.717, 1.165) is 55.7 Å². The van der Waals surface area contributed by atoms with Gasteiger partial charge in [0.05, 0.1) is 5.41 Å². The summed E-state index contributed by atoms with van der Waals surface area (Å²) in [6, 6.07) is 90.1. The van der Waals surface area contributed by atoms with Gasteiger partial charge in [0.1, 0.15) is 11.2 Å². The molecule has 2 heteroatoms. The van der Waals surface area contributed by atoms with Crippen molar-refractivity contribution in [3.05, 3.63) is 271 Å². The minimum absolute atomic E-state index is 0.438. The number of benzene rings is 10. The van der Waals surface area contributed by atoms with Gasteiger partial charge < -0.3 is 9.32 Å². The number of hydrogen-bond donors (Lipinski definition) is 0. The normalized spacial score (nSPS) is 12.6. The van der Waals surface area contributed by atoms with Crippen molar-refractivity contribution in [2.75, 3.05) is 4.90 Å². The third kappa shape index (κ3) is 6.02. The van der Waals surface area contributed by atoms with Crippen molar-refractivity contribution in [3.63, 3.8) is 0 Å². The lowest BCUT2D eigenvalue weighted by Gasteiger charge is -2.34. The van der Waals surface area contributed by atoms with Crippen LogP contribution in [0.5, 0.6) is 0 Å². The largest absolute Gasteiger partial charge is 0.455 e. The number of nitrogens with zero attached hydrogens (tertiary/aromatic N) is 1. The number of hydrogen-bond acceptors (Lipinski definition) is 2. The molecule has 0 fully saturated rings. The molecule has 11 aromatic rings. The zero-order valence-electron chi connectivity index (χ0n) is 34.5. The van der Waals surface area contributed by atoms with Crippen molar-refractivity contribution in [1.82, 2.24) is 0 Å². The van der Waals surface area contributed by atoms with Crippen LogP contribution in [0, 0.1) is 0 Å². The van der Waals surface area contributed by atoms with E-state index >= 15 is 0 Å². The molecule has 0 radical (unpaired) electrons. The van der Waals surface area contributed by atoms with Gasteiger partial charge in [-0.05, 0) is 110 Å². The average molecular weight is 804 g/mol. The zero-order valence-corrected chi connectivity index (χ0v) is 34.5. The summed E-state index contributed by atoms with van der Waals surface area (Å²) in [6.07, 6.45) is 0. The van der Waals surface area contributed by atoms with Gasteiger partial charge in [-0.15, -0.1) is 0 Å². The lowest BCUT2D eigenvalue weighted by atomic mass is 9.67. The van der Waals surface area contributed by atoms with Crippen LogP contribution in [0.25, 0.3) is 66.4 Å². The van der Waals surface area contributed by atoms with E-state index in [1.165, 1.54) is 50.1 Å². The van der Waals surface area contributed by atoms with Crippen LogP contribution in [0.4, 0.5) is 17.1 Å². The van der Waals surface area contributed by atoms with Gasteiger partial charge in [-0.2, -0.15) is 0 Å². The quantitative estimate of drug-likeness (QED) is 0.152. The van der Waals surface area contributed by atoms with E-state index in [1.54, 1.807) is 0 Å². The highest BCUT2D eigenvalue weighted by molar-refractivity contribution is 6.09. The molecule has 10 aromatic carbocycles. The molecule has 2 nitrogen and oxygen atoms in total. The molecule has 0 atom stereocenters. The highest BCUT2D eigenvalue weighted by Gasteiger charge is 2.46. The molecule has 1 aromatic heterocycles. The summed E-state index contributed by atoms with van der Waals surface area (Å²) in [7, 11) is 0. The fourth-order valence-electron chi connectivity index (χ4n) is 10.1. The molecule has 296 valence electrons. The van der Waals surface area contributed by atoms with Crippen LogP contribution < -0.4 is 4.90 Å². The van der Waals surface area contributed by atoms with Gasteiger partial charge in [-0.25, -0.2) is 0 Å². The standard InChI is InChI=1S/C61H41NO/c1-4-15-47(16-5-1)61(48-17-6-2-7-18-48)57-25-12-10-21-53(57)54-40-35-46(41-58(54)61)44-33-38-51(39-34-44)62(49-19-8-3-9-20-49)50-36-31-43(32-37-50)42-27-29-45(30-28-42)52-23-14-24-56-55-22-11-13-26-59(55)63-60(52)56/h1-41H. The highest BCUT2D eigenvalue weighted by Crippen LogP contribution is 2.56. The van der Waals surface area contributed by atoms with Crippen molar-refractivity contribution in [3.8, 4) is 44.5 Å². The van der Waals surface area contributed by atoms with E-state index in [2.05, 4.69) is 241 Å². The summed E-state index contributed by atoms with van der Waals surface area (Å²) >= 11 is 0. The lowest BCUT2D eigenvalue weighted by Crippen LogP contribution is -2.28. The molecule has 12 rings (SSSR count). The van der Waals surface area contributed by atoms with Crippen molar-refractivity contribution < 1.29 is 4.42 Å². The van der Waals surface area contributed by atoms with E-state index in [-0.39, 0.29) is 0 Å². The Morgan fingerprint density at radius 2 is 0.762 bits per heavy atom.